The minimum absolute atomic E-state index is 0.518. The van der Waals surface area contributed by atoms with Gasteiger partial charge in [-0.1, -0.05) is 0 Å². The summed E-state index contributed by atoms with van der Waals surface area (Å²) in [5.74, 6) is 3.17. The number of rotatable bonds is 1. The molecule has 0 radical (unpaired) electrons. The van der Waals surface area contributed by atoms with Crippen molar-refractivity contribution in [2.45, 2.75) is 56.7 Å². The van der Waals surface area contributed by atoms with Gasteiger partial charge in [0.2, 0.25) is 0 Å². The zero-order valence-corrected chi connectivity index (χ0v) is 9.97. The Hall–Kier alpha value is -0.0200. The molecule has 3 aliphatic heterocycles. The second-order valence-corrected chi connectivity index (χ2v) is 6.35. The first-order valence-electron chi connectivity index (χ1n) is 6.21. The van der Waals surface area contributed by atoms with Gasteiger partial charge in [0.1, 0.15) is 5.78 Å². The van der Waals surface area contributed by atoms with E-state index in [1.165, 1.54) is 37.2 Å². The maximum Gasteiger partial charge on any atom is 0.136 e. The summed E-state index contributed by atoms with van der Waals surface area (Å²) in [5.41, 5.74) is 0. The maximum atomic E-state index is 11.5. The fourth-order valence-electron chi connectivity index (χ4n) is 3.58. The highest BCUT2D eigenvalue weighted by atomic mass is 32.2. The van der Waals surface area contributed by atoms with Gasteiger partial charge in [-0.15, -0.1) is 0 Å². The van der Waals surface area contributed by atoms with E-state index in [0.29, 0.717) is 17.9 Å². The van der Waals surface area contributed by atoms with Crippen molar-refractivity contribution < 1.29 is 4.79 Å². The molecule has 3 saturated heterocycles. The Morgan fingerprint density at radius 1 is 0.933 bits per heavy atom. The van der Waals surface area contributed by atoms with Gasteiger partial charge in [0.15, 0.2) is 0 Å². The topological polar surface area (TPSA) is 20.3 Å². The predicted molar refractivity (Wildman–Crippen MR) is 63.2 cm³/mol. The van der Waals surface area contributed by atoms with Crippen LogP contribution < -0.4 is 0 Å². The molecule has 0 spiro atoms. The van der Waals surface area contributed by atoms with E-state index in [1.54, 1.807) is 0 Å². The lowest BCUT2D eigenvalue weighted by Gasteiger charge is -2.41. The van der Waals surface area contributed by atoms with Crippen molar-refractivity contribution in [2.24, 2.45) is 0 Å². The summed E-state index contributed by atoms with van der Waals surface area (Å²) in [6.07, 6.45) is 6.96. The molecule has 0 N–H and O–H groups in total. The van der Waals surface area contributed by atoms with Crippen LogP contribution in [0.5, 0.6) is 0 Å². The lowest BCUT2D eigenvalue weighted by atomic mass is 9.97. The number of Topliss-reactive ketones (excluding diaryl/α,β-unsaturated/α-hetero) is 1. The Bertz CT molecular complexity index is 246. The zero-order chi connectivity index (χ0) is 10.3. The Balaban J connectivity index is 1.73. The molecule has 3 fully saturated rings. The Morgan fingerprint density at radius 3 is 2.13 bits per heavy atom. The lowest BCUT2D eigenvalue weighted by Crippen LogP contribution is -2.50. The third kappa shape index (κ3) is 1.84. The average molecular weight is 225 g/mol. The third-order valence-corrected chi connectivity index (χ3v) is 5.26. The van der Waals surface area contributed by atoms with Crippen LogP contribution in [0.4, 0.5) is 0 Å². The van der Waals surface area contributed by atoms with Crippen LogP contribution in [0.2, 0.25) is 0 Å². The summed E-state index contributed by atoms with van der Waals surface area (Å²) in [5, 5.41) is 0. The van der Waals surface area contributed by atoms with Crippen molar-refractivity contribution in [3.05, 3.63) is 0 Å². The van der Waals surface area contributed by atoms with E-state index in [-0.39, 0.29) is 0 Å². The molecule has 2 nitrogen and oxygen atoms in total. The summed E-state index contributed by atoms with van der Waals surface area (Å²) in [6.45, 7) is 0. The molecular weight excluding hydrogens is 206 g/mol. The van der Waals surface area contributed by atoms with E-state index in [4.69, 9.17) is 0 Å². The quantitative estimate of drug-likeness (QED) is 0.681. The van der Waals surface area contributed by atoms with Crippen molar-refractivity contribution in [3.8, 4) is 0 Å². The average Bonchev–Trinajstić information content (AvgIpc) is 2.53. The molecule has 15 heavy (non-hydrogen) atoms. The summed E-state index contributed by atoms with van der Waals surface area (Å²) in [6, 6.07) is 2.03. The highest BCUT2D eigenvalue weighted by Gasteiger charge is 2.43. The normalized spacial score (nSPS) is 38.5. The van der Waals surface area contributed by atoms with Gasteiger partial charge in [-0.25, -0.2) is 0 Å². The largest absolute Gasteiger partial charge is 0.300 e. The zero-order valence-electron chi connectivity index (χ0n) is 9.15. The van der Waals surface area contributed by atoms with Crippen molar-refractivity contribution in [1.82, 2.24) is 4.90 Å². The first-order valence-corrected chi connectivity index (χ1v) is 7.37. The van der Waals surface area contributed by atoms with Gasteiger partial charge in [0.05, 0.1) is 0 Å². The van der Waals surface area contributed by atoms with E-state index < -0.39 is 0 Å². The SMILES string of the molecule is O=C1CC2CCC(C1)N2C1CCSCC1. The Kier molecular flexibility index (Phi) is 2.77. The number of thioether (sulfide) groups is 1. The predicted octanol–water partition coefficient (Wildman–Crippen LogP) is 2.08. The van der Waals surface area contributed by atoms with Crippen LogP contribution >= 0.6 is 11.8 Å². The Morgan fingerprint density at radius 2 is 1.53 bits per heavy atom. The van der Waals surface area contributed by atoms with E-state index in [1.807, 2.05) is 0 Å². The second-order valence-electron chi connectivity index (χ2n) is 5.12. The molecule has 0 aromatic carbocycles. The van der Waals surface area contributed by atoms with E-state index in [2.05, 4.69) is 16.7 Å². The minimum atomic E-state index is 0.518. The van der Waals surface area contributed by atoms with Crippen LogP contribution in [0.15, 0.2) is 0 Å². The summed E-state index contributed by atoms with van der Waals surface area (Å²) in [7, 11) is 0. The molecule has 2 bridgehead atoms. The van der Waals surface area contributed by atoms with Crippen LogP contribution in [0.1, 0.15) is 38.5 Å². The van der Waals surface area contributed by atoms with Crippen molar-refractivity contribution in [3.63, 3.8) is 0 Å². The van der Waals surface area contributed by atoms with Gasteiger partial charge in [-0.3, -0.25) is 9.69 Å². The van der Waals surface area contributed by atoms with Crippen LogP contribution in [0, 0.1) is 0 Å². The molecule has 3 heteroatoms. The monoisotopic (exact) mass is 225 g/mol. The molecule has 2 unspecified atom stereocenters. The molecule has 3 rings (SSSR count). The second kappa shape index (κ2) is 4.10. The molecular formula is C12H19NOS. The molecule has 3 aliphatic rings. The maximum absolute atomic E-state index is 11.5. The van der Waals surface area contributed by atoms with Gasteiger partial charge in [0, 0.05) is 31.0 Å². The van der Waals surface area contributed by atoms with Gasteiger partial charge < -0.3 is 0 Å². The van der Waals surface area contributed by atoms with Crippen molar-refractivity contribution in [1.29, 1.82) is 0 Å². The Labute approximate surface area is 95.8 Å². The summed E-state index contributed by atoms with van der Waals surface area (Å²) < 4.78 is 0. The molecule has 0 amide bonds. The van der Waals surface area contributed by atoms with Crippen molar-refractivity contribution in [2.75, 3.05) is 11.5 Å². The number of piperidine rings is 1. The third-order valence-electron chi connectivity index (χ3n) is 4.22. The molecule has 0 aromatic rings. The summed E-state index contributed by atoms with van der Waals surface area (Å²) >= 11 is 2.09. The minimum Gasteiger partial charge on any atom is -0.300 e. The molecule has 0 saturated carbocycles. The molecule has 0 aromatic heterocycles. The van der Waals surface area contributed by atoms with Gasteiger partial charge >= 0.3 is 0 Å². The lowest BCUT2D eigenvalue weighted by molar-refractivity contribution is -0.124. The van der Waals surface area contributed by atoms with E-state index in [0.717, 1.165) is 18.9 Å². The van der Waals surface area contributed by atoms with Crippen LogP contribution in [-0.2, 0) is 4.79 Å². The van der Waals surface area contributed by atoms with E-state index >= 15 is 0 Å². The fourth-order valence-corrected chi connectivity index (χ4v) is 4.67. The van der Waals surface area contributed by atoms with Gasteiger partial charge in [-0.05, 0) is 37.2 Å². The summed E-state index contributed by atoms with van der Waals surface area (Å²) in [4.78, 5) is 14.2. The highest BCUT2D eigenvalue weighted by molar-refractivity contribution is 7.99. The van der Waals surface area contributed by atoms with Gasteiger partial charge in [0.25, 0.3) is 0 Å². The number of hydrogen-bond acceptors (Lipinski definition) is 3. The fraction of sp³-hybridized carbons (Fsp3) is 0.917. The van der Waals surface area contributed by atoms with E-state index in [9.17, 15) is 4.79 Å². The van der Waals surface area contributed by atoms with Gasteiger partial charge in [-0.2, -0.15) is 11.8 Å². The number of carbonyl (C=O) groups is 1. The standard InChI is InChI=1S/C12H19NOS/c14-12-7-10-1-2-11(8-12)13(10)9-3-5-15-6-4-9/h9-11H,1-8H2. The number of hydrogen-bond donors (Lipinski definition) is 0. The number of ketones is 1. The number of nitrogens with zero attached hydrogens (tertiary/aromatic N) is 1. The van der Waals surface area contributed by atoms with Crippen LogP contribution in [0.25, 0.3) is 0 Å². The molecule has 0 aliphatic carbocycles. The number of carbonyl (C=O) groups excluding carboxylic acids is 1. The smallest absolute Gasteiger partial charge is 0.136 e. The molecule has 2 atom stereocenters. The first kappa shape index (κ1) is 10.2. The highest BCUT2D eigenvalue weighted by Crippen LogP contribution is 2.38. The van der Waals surface area contributed by atoms with Crippen LogP contribution in [0.3, 0.4) is 0 Å². The molecule has 3 heterocycles. The van der Waals surface area contributed by atoms with Crippen molar-refractivity contribution >= 4 is 17.5 Å². The molecule has 84 valence electrons. The first-order chi connectivity index (χ1) is 7.34. The van der Waals surface area contributed by atoms with Crippen LogP contribution in [-0.4, -0.2) is 40.3 Å². The number of fused-ring (bicyclic) bond motifs is 2.